The number of methoxy groups -OCH3 is 1. The van der Waals surface area contributed by atoms with Crippen LogP contribution < -0.4 is 10.1 Å². The van der Waals surface area contributed by atoms with Crippen LogP contribution in [0.3, 0.4) is 0 Å². The number of anilines is 1. The van der Waals surface area contributed by atoms with E-state index in [-0.39, 0.29) is 11.9 Å². The molecule has 3 aliphatic rings. The van der Waals surface area contributed by atoms with E-state index in [0.29, 0.717) is 11.5 Å². The number of ether oxygens (including phenoxy) is 1. The summed E-state index contributed by atoms with van der Waals surface area (Å²) in [6, 6.07) is 24.5. The van der Waals surface area contributed by atoms with Gasteiger partial charge in [0.15, 0.2) is 5.17 Å². The van der Waals surface area contributed by atoms with Crippen LogP contribution in [0.5, 0.6) is 5.75 Å². The molecule has 5 nitrogen and oxygen atoms in total. The molecule has 1 aliphatic carbocycles. The molecule has 0 radical (unpaired) electrons. The number of hydrogen-bond acceptors (Lipinski definition) is 5. The van der Waals surface area contributed by atoms with E-state index in [4.69, 9.17) is 9.73 Å². The Morgan fingerprint density at radius 1 is 0.950 bits per heavy atom. The van der Waals surface area contributed by atoms with E-state index in [1.165, 1.54) is 37.7 Å². The highest BCUT2D eigenvalue weighted by atomic mass is 32.2. The van der Waals surface area contributed by atoms with Gasteiger partial charge in [-0.2, -0.15) is 0 Å². The number of fused-ring (bicyclic) bond motifs is 1. The molecule has 1 atom stereocenters. The molecule has 40 heavy (non-hydrogen) atoms. The highest BCUT2D eigenvalue weighted by molar-refractivity contribution is 8.16. The molecule has 1 N–H and O–H groups in total. The number of nitrogens with one attached hydrogen (secondary N) is 1. The molecule has 0 unspecified atom stereocenters. The molecule has 6 heteroatoms. The van der Waals surface area contributed by atoms with E-state index in [1.807, 2.05) is 44.2 Å². The molecule has 0 bridgehead atoms. The Bertz CT molecular complexity index is 1500. The Morgan fingerprint density at radius 2 is 1.68 bits per heavy atom. The lowest BCUT2D eigenvalue weighted by Crippen LogP contribution is -2.37. The average Bonchev–Trinajstić information content (AvgIpc) is 3.41. The topological polar surface area (TPSA) is 53.9 Å². The van der Waals surface area contributed by atoms with Crippen molar-refractivity contribution < 1.29 is 9.53 Å². The number of nitrogens with zero attached hydrogens (tertiary/aromatic N) is 2. The van der Waals surface area contributed by atoms with Crippen molar-refractivity contribution in [3.8, 4) is 5.75 Å². The predicted octanol–water partition coefficient (Wildman–Crippen LogP) is 8.42. The van der Waals surface area contributed by atoms with Crippen molar-refractivity contribution in [3.63, 3.8) is 0 Å². The molecule has 1 saturated carbocycles. The molecule has 0 saturated heterocycles. The smallest absolute Gasteiger partial charge is 0.255 e. The van der Waals surface area contributed by atoms with Gasteiger partial charge in [-0.25, -0.2) is 4.99 Å². The van der Waals surface area contributed by atoms with E-state index in [0.717, 1.165) is 44.7 Å². The summed E-state index contributed by atoms with van der Waals surface area (Å²) in [5.41, 5.74) is 7.76. The van der Waals surface area contributed by atoms with E-state index in [1.54, 1.807) is 18.9 Å². The lowest BCUT2D eigenvalue weighted by atomic mass is 9.84. The molecular formula is C34H35N3O2S. The van der Waals surface area contributed by atoms with Gasteiger partial charge in [-0.05, 0) is 73.1 Å². The Hall–Kier alpha value is -3.77. The summed E-state index contributed by atoms with van der Waals surface area (Å²) in [4.78, 5) is 21.1. The van der Waals surface area contributed by atoms with Gasteiger partial charge in [0.25, 0.3) is 5.91 Å². The Kier molecular flexibility index (Phi) is 7.53. The van der Waals surface area contributed by atoms with Crippen LogP contribution in [0.2, 0.25) is 0 Å². The summed E-state index contributed by atoms with van der Waals surface area (Å²) < 4.78 is 5.70. The molecule has 204 valence electrons. The number of aryl methyl sites for hydroxylation is 1. The molecule has 0 aromatic heterocycles. The molecule has 0 spiro atoms. The van der Waals surface area contributed by atoms with Crippen molar-refractivity contribution >= 4 is 34.2 Å². The maximum absolute atomic E-state index is 13.9. The van der Waals surface area contributed by atoms with E-state index in [2.05, 4.69) is 58.1 Å². The van der Waals surface area contributed by atoms with Crippen molar-refractivity contribution in [2.45, 2.75) is 57.9 Å². The summed E-state index contributed by atoms with van der Waals surface area (Å²) in [6.07, 6.45) is 6.56. The summed E-state index contributed by atoms with van der Waals surface area (Å²) >= 11 is 1.61. The van der Waals surface area contributed by atoms with Crippen LogP contribution in [-0.4, -0.2) is 23.1 Å². The molecular weight excluding hydrogens is 514 g/mol. The van der Waals surface area contributed by atoms with Gasteiger partial charge in [0, 0.05) is 11.1 Å². The minimum absolute atomic E-state index is 0.153. The van der Waals surface area contributed by atoms with E-state index in [9.17, 15) is 4.79 Å². The first kappa shape index (κ1) is 26.5. The fourth-order valence-corrected chi connectivity index (χ4v) is 7.06. The normalized spacial score (nSPS) is 19.2. The lowest BCUT2D eigenvalue weighted by molar-refractivity contribution is -0.113. The van der Waals surface area contributed by atoms with Crippen LogP contribution in [0.4, 0.5) is 5.69 Å². The zero-order chi connectivity index (χ0) is 27.6. The number of hydrogen-bond donors (Lipinski definition) is 1. The summed E-state index contributed by atoms with van der Waals surface area (Å²) in [5.74, 6) is 1.31. The number of para-hydroxylation sites is 1. The van der Waals surface area contributed by atoms with Gasteiger partial charge in [0.1, 0.15) is 5.75 Å². The fraction of sp³-hybridized carbons (Fsp3) is 0.294. The first-order valence-corrected chi connectivity index (χ1v) is 15.0. The Labute approximate surface area is 241 Å². The maximum atomic E-state index is 13.9. The quantitative estimate of drug-likeness (QED) is 0.335. The first-order chi connectivity index (χ1) is 19.5. The molecule has 1 fully saturated rings. The first-order valence-electron chi connectivity index (χ1n) is 14.1. The van der Waals surface area contributed by atoms with Gasteiger partial charge in [0.05, 0.1) is 30.1 Å². The van der Waals surface area contributed by atoms with E-state index < -0.39 is 0 Å². The molecule has 2 aliphatic heterocycles. The van der Waals surface area contributed by atoms with Crippen molar-refractivity contribution in [1.82, 2.24) is 4.90 Å². The number of amidine groups is 1. The van der Waals surface area contributed by atoms with Gasteiger partial charge in [-0.3, -0.25) is 4.79 Å². The Morgan fingerprint density at radius 3 is 2.40 bits per heavy atom. The number of benzene rings is 3. The van der Waals surface area contributed by atoms with Crippen LogP contribution >= 0.6 is 11.8 Å². The average molecular weight is 550 g/mol. The van der Waals surface area contributed by atoms with Crippen LogP contribution in [0.25, 0.3) is 5.70 Å². The highest BCUT2D eigenvalue weighted by Gasteiger charge is 2.40. The van der Waals surface area contributed by atoms with Crippen LogP contribution in [0, 0.1) is 6.92 Å². The minimum Gasteiger partial charge on any atom is -0.496 e. The number of thioether (sulfide) groups is 1. The van der Waals surface area contributed by atoms with Gasteiger partial charge < -0.3 is 15.0 Å². The van der Waals surface area contributed by atoms with E-state index >= 15 is 0 Å². The third-order valence-corrected chi connectivity index (χ3v) is 9.07. The highest BCUT2D eigenvalue weighted by Crippen LogP contribution is 2.47. The number of aliphatic imine (C=N–C) groups is 1. The SMILES string of the molecule is COc1cc([C@@H]2C(C(=O)Nc3ccccc3)=C(C)N=C3SC=C(c4ccc(C5CCCCC5)cc4)N32)ccc1C. The van der Waals surface area contributed by atoms with Gasteiger partial charge in [-0.15, -0.1) is 0 Å². The van der Waals surface area contributed by atoms with Crippen LogP contribution in [-0.2, 0) is 4.79 Å². The fourth-order valence-electron chi connectivity index (χ4n) is 6.09. The zero-order valence-corrected chi connectivity index (χ0v) is 24.1. The molecule has 3 aromatic carbocycles. The number of carbonyl (C=O) groups is 1. The van der Waals surface area contributed by atoms with Crippen molar-refractivity contribution in [2.24, 2.45) is 4.99 Å². The second-order valence-electron chi connectivity index (χ2n) is 10.8. The number of amides is 1. The largest absolute Gasteiger partial charge is 0.496 e. The minimum atomic E-state index is -0.356. The molecule has 3 aromatic rings. The zero-order valence-electron chi connectivity index (χ0n) is 23.3. The Balaban J connectivity index is 1.40. The summed E-state index contributed by atoms with van der Waals surface area (Å²) in [5, 5.41) is 6.15. The monoisotopic (exact) mass is 549 g/mol. The van der Waals surface area contributed by atoms with Crippen molar-refractivity contribution in [1.29, 1.82) is 0 Å². The number of carbonyl (C=O) groups excluding carboxylic acids is 1. The van der Waals surface area contributed by atoms with Crippen LogP contribution in [0.15, 0.2) is 94.5 Å². The lowest BCUT2D eigenvalue weighted by Gasteiger charge is -2.37. The maximum Gasteiger partial charge on any atom is 0.255 e. The predicted molar refractivity (Wildman–Crippen MR) is 165 cm³/mol. The molecule has 6 rings (SSSR count). The second-order valence-corrected chi connectivity index (χ2v) is 11.6. The standard InChI is InChI=1S/C34H35N3O2S/c1-22-14-15-27(20-30(22)39-3)32-31(33(38)36-28-12-8-5-9-13-28)23(2)35-34-37(32)29(21-40-34)26-18-16-25(17-19-26)24-10-6-4-7-11-24/h5,8-9,12-21,24,32H,4,6-7,10-11H2,1-3H3,(H,36,38)/t32-/m1/s1. The summed E-state index contributed by atoms with van der Waals surface area (Å²) in [7, 11) is 1.69. The van der Waals surface area contributed by atoms with Crippen LogP contribution in [0.1, 0.15) is 73.2 Å². The third kappa shape index (κ3) is 5.08. The van der Waals surface area contributed by atoms with Crippen molar-refractivity contribution in [2.75, 3.05) is 12.4 Å². The third-order valence-electron chi connectivity index (χ3n) is 8.23. The molecule has 2 heterocycles. The molecule has 1 amide bonds. The van der Waals surface area contributed by atoms with Gasteiger partial charge in [-0.1, -0.05) is 85.6 Å². The number of allylic oxidation sites excluding steroid dienone is 1. The number of rotatable bonds is 6. The van der Waals surface area contributed by atoms with Crippen molar-refractivity contribution in [3.05, 3.63) is 112 Å². The van der Waals surface area contributed by atoms with Gasteiger partial charge in [0.2, 0.25) is 0 Å². The van der Waals surface area contributed by atoms with Gasteiger partial charge >= 0.3 is 0 Å². The second kappa shape index (κ2) is 11.4. The summed E-state index contributed by atoms with van der Waals surface area (Å²) in [6.45, 7) is 3.96.